The molecule has 0 spiro atoms. The Kier molecular flexibility index (Phi) is 4.40. The van der Waals surface area contributed by atoms with Crippen LogP contribution in [0.1, 0.15) is 28.8 Å². The average molecular weight is 325 g/mol. The molecule has 0 aromatic carbocycles. The largest absolute Gasteiger partial charge is 0.380 e. The summed E-state index contributed by atoms with van der Waals surface area (Å²) in [5.41, 5.74) is 4.97. The van der Waals surface area contributed by atoms with Gasteiger partial charge in [-0.2, -0.15) is 5.10 Å². The lowest BCUT2D eigenvalue weighted by molar-refractivity contribution is 0.134. The molecule has 0 radical (unpaired) electrons. The van der Waals surface area contributed by atoms with Crippen LogP contribution < -0.4 is 5.32 Å². The first kappa shape index (κ1) is 15.5. The van der Waals surface area contributed by atoms with Crippen LogP contribution in [0.5, 0.6) is 0 Å². The van der Waals surface area contributed by atoms with E-state index in [2.05, 4.69) is 25.4 Å². The zero-order chi connectivity index (χ0) is 16.4. The van der Waals surface area contributed by atoms with Crippen molar-refractivity contribution in [1.29, 1.82) is 0 Å². The second-order valence-electron chi connectivity index (χ2n) is 6.59. The Balaban J connectivity index is 1.46. The molecule has 1 atom stereocenters. The summed E-state index contributed by atoms with van der Waals surface area (Å²) in [5, 5.41) is 11.6. The van der Waals surface area contributed by atoms with Crippen molar-refractivity contribution in [2.75, 3.05) is 25.1 Å². The monoisotopic (exact) mass is 325 g/mol. The number of aryl methyl sites for hydroxylation is 1. The van der Waals surface area contributed by atoms with E-state index in [1.807, 2.05) is 31.5 Å². The summed E-state index contributed by atoms with van der Waals surface area (Å²) >= 11 is 0. The van der Waals surface area contributed by atoms with Crippen LogP contribution in [-0.2, 0) is 24.2 Å². The Bertz CT molecular complexity index is 697. The highest BCUT2D eigenvalue weighted by Gasteiger charge is 2.27. The smallest absolute Gasteiger partial charge is 0.148 e. The third-order valence-electron chi connectivity index (χ3n) is 4.94. The molecule has 24 heavy (non-hydrogen) atoms. The van der Waals surface area contributed by atoms with Crippen LogP contribution >= 0.6 is 0 Å². The lowest BCUT2D eigenvalue weighted by Gasteiger charge is -2.33. The van der Waals surface area contributed by atoms with Crippen molar-refractivity contribution in [2.24, 2.45) is 0 Å². The first-order valence-corrected chi connectivity index (χ1v) is 8.60. The molecule has 4 rings (SSSR count). The minimum atomic E-state index is 0.572. The third kappa shape index (κ3) is 3.25. The highest BCUT2D eigenvalue weighted by Crippen LogP contribution is 2.25. The van der Waals surface area contributed by atoms with Crippen LogP contribution in [0.3, 0.4) is 0 Å². The van der Waals surface area contributed by atoms with Crippen LogP contribution in [-0.4, -0.2) is 45.9 Å². The van der Waals surface area contributed by atoms with Gasteiger partial charge in [-0.25, -0.2) is 0 Å². The Morgan fingerprint density at radius 1 is 1.29 bits per heavy atom. The van der Waals surface area contributed by atoms with E-state index in [1.54, 1.807) is 0 Å². The number of anilines is 1. The van der Waals surface area contributed by atoms with Gasteiger partial charge in [-0.1, -0.05) is 0 Å². The predicted molar refractivity (Wildman–Crippen MR) is 91.7 cm³/mol. The summed E-state index contributed by atoms with van der Waals surface area (Å²) in [6.45, 7) is 6.52. The summed E-state index contributed by atoms with van der Waals surface area (Å²) in [6, 6.07) is 4.51. The van der Waals surface area contributed by atoms with Crippen LogP contribution in [0, 0.1) is 6.92 Å². The average Bonchev–Trinajstić information content (AvgIpc) is 3.15. The van der Waals surface area contributed by atoms with Gasteiger partial charge < -0.3 is 10.1 Å². The maximum absolute atomic E-state index is 5.54. The second kappa shape index (κ2) is 6.83. The van der Waals surface area contributed by atoms with E-state index in [-0.39, 0.29) is 0 Å². The Morgan fingerprint density at radius 3 is 3.04 bits per heavy atom. The van der Waals surface area contributed by atoms with Crippen molar-refractivity contribution in [3.8, 4) is 0 Å². The zero-order valence-corrected chi connectivity index (χ0v) is 14.0. The van der Waals surface area contributed by atoms with E-state index in [9.17, 15) is 0 Å². The minimum Gasteiger partial charge on any atom is -0.380 e. The molecule has 1 fully saturated rings. The number of fused-ring (bicyclic) bond motifs is 1. The van der Waals surface area contributed by atoms with Crippen molar-refractivity contribution in [3.05, 3.63) is 46.9 Å². The lowest BCUT2D eigenvalue weighted by Crippen LogP contribution is -2.40. The zero-order valence-electron chi connectivity index (χ0n) is 14.0. The molecule has 1 saturated heterocycles. The predicted octanol–water partition coefficient (Wildman–Crippen LogP) is 1.94. The fourth-order valence-corrected chi connectivity index (χ4v) is 3.54. The molecule has 1 N–H and O–H groups in total. The maximum Gasteiger partial charge on any atom is 0.148 e. The molecule has 2 aromatic rings. The molecule has 2 aliphatic rings. The standard InChI is InChI=1S/C18H23N5O/c1-13-2-3-18(22-21-13)20-10-14-8-19-9-15-11-23(6-4-17(14)15)16-5-7-24-12-16/h2-3,8-9,16H,4-7,10-12H2,1H3,(H,20,22). The molecule has 126 valence electrons. The van der Waals surface area contributed by atoms with Gasteiger partial charge in [0.05, 0.1) is 12.3 Å². The van der Waals surface area contributed by atoms with E-state index < -0.39 is 0 Å². The normalized spacial score (nSPS) is 20.8. The number of pyridine rings is 1. The number of nitrogens with zero attached hydrogens (tertiary/aromatic N) is 4. The summed E-state index contributed by atoms with van der Waals surface area (Å²) in [5.74, 6) is 0.804. The van der Waals surface area contributed by atoms with Crippen LogP contribution in [0.25, 0.3) is 0 Å². The van der Waals surface area contributed by atoms with E-state index in [1.165, 1.54) is 16.7 Å². The van der Waals surface area contributed by atoms with Crippen molar-refractivity contribution < 1.29 is 4.74 Å². The highest BCUT2D eigenvalue weighted by molar-refractivity contribution is 5.39. The summed E-state index contributed by atoms with van der Waals surface area (Å²) < 4.78 is 5.54. The molecule has 6 heteroatoms. The molecule has 2 aliphatic heterocycles. The van der Waals surface area contributed by atoms with E-state index in [0.717, 1.165) is 57.2 Å². The van der Waals surface area contributed by atoms with E-state index >= 15 is 0 Å². The highest BCUT2D eigenvalue weighted by atomic mass is 16.5. The number of aromatic nitrogens is 3. The van der Waals surface area contributed by atoms with Crippen molar-refractivity contribution >= 4 is 5.82 Å². The third-order valence-corrected chi connectivity index (χ3v) is 4.94. The first-order chi connectivity index (χ1) is 11.8. The Labute approximate surface area is 142 Å². The number of hydrogen-bond acceptors (Lipinski definition) is 6. The summed E-state index contributed by atoms with van der Waals surface area (Å²) in [7, 11) is 0. The van der Waals surface area contributed by atoms with Crippen molar-refractivity contribution in [1.82, 2.24) is 20.1 Å². The molecule has 1 unspecified atom stereocenters. The molecule has 0 amide bonds. The minimum absolute atomic E-state index is 0.572. The van der Waals surface area contributed by atoms with Gasteiger partial charge in [0.25, 0.3) is 0 Å². The van der Waals surface area contributed by atoms with Crippen LogP contribution in [0.15, 0.2) is 24.5 Å². The molecular weight excluding hydrogens is 302 g/mol. The van der Waals surface area contributed by atoms with Gasteiger partial charge in [0.15, 0.2) is 0 Å². The van der Waals surface area contributed by atoms with Gasteiger partial charge in [0.1, 0.15) is 5.82 Å². The second-order valence-corrected chi connectivity index (χ2v) is 6.59. The lowest BCUT2D eigenvalue weighted by atomic mass is 9.96. The molecule has 0 aliphatic carbocycles. The van der Waals surface area contributed by atoms with Crippen molar-refractivity contribution in [3.63, 3.8) is 0 Å². The fraction of sp³-hybridized carbons (Fsp3) is 0.500. The molecular formula is C18H23N5O. The number of hydrogen-bond donors (Lipinski definition) is 1. The van der Waals surface area contributed by atoms with Crippen molar-refractivity contribution in [2.45, 2.75) is 38.9 Å². The first-order valence-electron chi connectivity index (χ1n) is 8.60. The quantitative estimate of drug-likeness (QED) is 0.927. The number of ether oxygens (including phenoxy) is 1. The molecule has 2 aromatic heterocycles. The van der Waals surface area contributed by atoms with Gasteiger partial charge in [-0.05, 0) is 48.6 Å². The molecule has 4 heterocycles. The van der Waals surface area contributed by atoms with Crippen LogP contribution in [0.4, 0.5) is 5.82 Å². The van der Waals surface area contributed by atoms with Gasteiger partial charge in [0.2, 0.25) is 0 Å². The van der Waals surface area contributed by atoms with Crippen LogP contribution in [0.2, 0.25) is 0 Å². The van der Waals surface area contributed by atoms with Gasteiger partial charge in [-0.3, -0.25) is 9.88 Å². The van der Waals surface area contributed by atoms with Gasteiger partial charge in [0, 0.05) is 44.7 Å². The fourth-order valence-electron chi connectivity index (χ4n) is 3.54. The van der Waals surface area contributed by atoms with Gasteiger partial charge >= 0.3 is 0 Å². The van der Waals surface area contributed by atoms with E-state index in [0.29, 0.717) is 6.04 Å². The molecule has 6 nitrogen and oxygen atoms in total. The maximum atomic E-state index is 5.54. The Morgan fingerprint density at radius 2 is 2.25 bits per heavy atom. The topological polar surface area (TPSA) is 63.2 Å². The van der Waals surface area contributed by atoms with E-state index in [4.69, 9.17) is 4.74 Å². The summed E-state index contributed by atoms with van der Waals surface area (Å²) in [4.78, 5) is 6.99. The summed E-state index contributed by atoms with van der Waals surface area (Å²) in [6.07, 6.45) is 6.22. The number of nitrogens with one attached hydrogen (secondary N) is 1. The molecule has 0 bridgehead atoms. The van der Waals surface area contributed by atoms with Gasteiger partial charge in [-0.15, -0.1) is 5.10 Å². The SMILES string of the molecule is Cc1ccc(NCc2cncc3c2CCN(C2CCOC2)C3)nn1. The number of rotatable bonds is 4. The molecule has 0 saturated carbocycles. The Hall–Kier alpha value is -2.05.